The molecule has 206 valence electrons. The quantitative estimate of drug-likeness (QED) is 0.394. The van der Waals surface area contributed by atoms with Gasteiger partial charge in [-0.1, -0.05) is 78.9 Å². The average Bonchev–Trinajstić information content (AvgIpc) is 3.69. The van der Waals surface area contributed by atoms with Gasteiger partial charge in [0.15, 0.2) is 0 Å². The van der Waals surface area contributed by atoms with E-state index in [0.717, 1.165) is 28.8 Å². The molecule has 3 aromatic carbocycles. The minimum atomic E-state index is -1.25. The lowest BCUT2D eigenvalue weighted by atomic mass is 9.86. The van der Waals surface area contributed by atoms with Crippen LogP contribution in [0.25, 0.3) is 11.1 Å². The Morgan fingerprint density at radius 3 is 1.93 bits per heavy atom. The Hall–Kier alpha value is -4.17. The highest BCUT2D eigenvalue weighted by Crippen LogP contribution is 2.44. The summed E-state index contributed by atoms with van der Waals surface area (Å²) in [6, 6.07) is 26.3. The number of aliphatic carboxylic acids is 1. The van der Waals surface area contributed by atoms with Crippen LogP contribution in [-0.4, -0.2) is 58.8 Å². The molecule has 2 amide bonds. The summed E-state index contributed by atoms with van der Waals surface area (Å²) < 4.78 is 5.77. The number of carboxylic acid groups (broad SMARTS) is 1. The highest BCUT2D eigenvalue weighted by Gasteiger charge is 2.55. The number of alkyl carbamates (subject to hydrolysis) is 1. The van der Waals surface area contributed by atoms with Gasteiger partial charge in [0.1, 0.15) is 17.7 Å². The van der Waals surface area contributed by atoms with E-state index in [0.29, 0.717) is 38.8 Å². The van der Waals surface area contributed by atoms with Crippen molar-refractivity contribution in [2.24, 2.45) is 0 Å². The Morgan fingerprint density at radius 2 is 1.35 bits per heavy atom. The second-order valence-electron chi connectivity index (χ2n) is 11.1. The first-order chi connectivity index (χ1) is 19.4. The van der Waals surface area contributed by atoms with Crippen LogP contribution in [-0.2, 0) is 20.9 Å². The third-order valence-electron chi connectivity index (χ3n) is 8.59. The molecule has 1 saturated carbocycles. The minimum absolute atomic E-state index is 0.0996. The number of carbonyl (C=O) groups is 3. The van der Waals surface area contributed by atoms with Crippen LogP contribution in [0.4, 0.5) is 4.79 Å². The third kappa shape index (κ3) is 4.95. The number of carboxylic acids is 1. The maximum atomic E-state index is 13.6. The molecule has 3 N–H and O–H groups in total. The van der Waals surface area contributed by atoms with Crippen molar-refractivity contribution in [2.45, 2.75) is 49.2 Å². The van der Waals surface area contributed by atoms with E-state index in [9.17, 15) is 19.5 Å². The van der Waals surface area contributed by atoms with Gasteiger partial charge in [-0.05, 0) is 53.5 Å². The molecule has 0 spiro atoms. The molecule has 2 aliphatic carbocycles. The van der Waals surface area contributed by atoms with Gasteiger partial charge in [-0.3, -0.25) is 9.69 Å². The molecule has 0 bridgehead atoms. The zero-order chi connectivity index (χ0) is 27.7. The summed E-state index contributed by atoms with van der Waals surface area (Å²) >= 11 is 0. The van der Waals surface area contributed by atoms with Crippen molar-refractivity contribution in [1.29, 1.82) is 0 Å². The van der Waals surface area contributed by atoms with E-state index in [4.69, 9.17) is 4.74 Å². The van der Waals surface area contributed by atoms with Gasteiger partial charge >= 0.3 is 12.1 Å². The first-order valence-electron chi connectivity index (χ1n) is 13.8. The second kappa shape index (κ2) is 10.4. The molecule has 1 aliphatic heterocycles. The van der Waals surface area contributed by atoms with Gasteiger partial charge in [-0.15, -0.1) is 0 Å². The first kappa shape index (κ1) is 26.1. The molecule has 0 atom stereocenters. The normalized spacial score (nSPS) is 18.7. The van der Waals surface area contributed by atoms with Gasteiger partial charge in [0.05, 0.1) is 0 Å². The number of likely N-dealkylation sites (tertiary alicyclic amines) is 1. The van der Waals surface area contributed by atoms with E-state index in [1.165, 1.54) is 5.56 Å². The summed E-state index contributed by atoms with van der Waals surface area (Å²) in [6.45, 7) is 2.03. The minimum Gasteiger partial charge on any atom is -0.480 e. The fraction of sp³-hybridized carbons (Fsp3) is 0.344. The first-order valence-corrected chi connectivity index (χ1v) is 13.8. The van der Waals surface area contributed by atoms with Crippen molar-refractivity contribution in [3.63, 3.8) is 0 Å². The molecule has 40 heavy (non-hydrogen) atoms. The highest BCUT2D eigenvalue weighted by molar-refractivity contribution is 5.95. The zero-order valence-electron chi connectivity index (χ0n) is 22.3. The lowest BCUT2D eigenvalue weighted by molar-refractivity contribution is -0.144. The molecule has 0 unspecified atom stereocenters. The average molecular weight is 540 g/mol. The Morgan fingerprint density at radius 1 is 0.775 bits per heavy atom. The number of nitrogens with one attached hydrogen (secondary N) is 2. The van der Waals surface area contributed by atoms with Crippen LogP contribution in [0.3, 0.4) is 0 Å². The van der Waals surface area contributed by atoms with E-state index in [1.807, 2.05) is 42.5 Å². The Kier molecular flexibility index (Phi) is 6.80. The highest BCUT2D eigenvalue weighted by atomic mass is 16.5. The number of piperidine rings is 1. The van der Waals surface area contributed by atoms with Gasteiger partial charge in [0.25, 0.3) is 0 Å². The molecule has 8 nitrogen and oxygen atoms in total. The van der Waals surface area contributed by atoms with Crippen molar-refractivity contribution >= 4 is 18.0 Å². The number of fused-ring (bicyclic) bond motifs is 3. The summed E-state index contributed by atoms with van der Waals surface area (Å²) in [4.78, 5) is 40.9. The Labute approximate surface area is 233 Å². The number of hydrogen-bond donors (Lipinski definition) is 3. The van der Waals surface area contributed by atoms with Gasteiger partial charge < -0.3 is 20.5 Å². The van der Waals surface area contributed by atoms with E-state index < -0.39 is 29.0 Å². The molecule has 6 rings (SSSR count). The fourth-order valence-corrected chi connectivity index (χ4v) is 6.03. The number of ether oxygens (including phenoxy) is 1. The number of benzene rings is 3. The molecule has 8 heteroatoms. The van der Waals surface area contributed by atoms with E-state index in [1.54, 1.807) is 0 Å². The summed E-state index contributed by atoms with van der Waals surface area (Å²) in [7, 11) is 0. The van der Waals surface area contributed by atoms with Crippen LogP contribution < -0.4 is 10.6 Å². The summed E-state index contributed by atoms with van der Waals surface area (Å²) in [5.41, 5.74) is 3.17. The maximum absolute atomic E-state index is 13.6. The fourth-order valence-electron chi connectivity index (χ4n) is 6.03. The predicted octanol–water partition coefficient (Wildman–Crippen LogP) is 4.29. The van der Waals surface area contributed by atoms with Crippen molar-refractivity contribution < 1.29 is 24.2 Å². The number of amides is 2. The molecule has 1 heterocycles. The molecule has 3 aliphatic rings. The van der Waals surface area contributed by atoms with Gasteiger partial charge in [-0.2, -0.15) is 0 Å². The number of hydrogen-bond acceptors (Lipinski definition) is 5. The van der Waals surface area contributed by atoms with Crippen molar-refractivity contribution in [1.82, 2.24) is 15.5 Å². The second-order valence-corrected chi connectivity index (χ2v) is 11.1. The monoisotopic (exact) mass is 539 g/mol. The molecule has 2 fully saturated rings. The summed E-state index contributed by atoms with van der Waals surface area (Å²) in [5.74, 6) is -1.60. The maximum Gasteiger partial charge on any atom is 0.408 e. The lowest BCUT2D eigenvalue weighted by Crippen LogP contribution is -2.65. The Bertz CT molecular complexity index is 1380. The largest absolute Gasteiger partial charge is 0.480 e. The zero-order valence-corrected chi connectivity index (χ0v) is 22.3. The summed E-state index contributed by atoms with van der Waals surface area (Å²) in [6.07, 6.45) is 0.801. The van der Waals surface area contributed by atoms with Crippen LogP contribution in [0.1, 0.15) is 48.3 Å². The smallest absolute Gasteiger partial charge is 0.408 e. The third-order valence-corrected chi connectivity index (χ3v) is 8.59. The van der Waals surface area contributed by atoms with Crippen molar-refractivity contribution in [2.75, 3.05) is 19.7 Å². The number of rotatable bonds is 8. The lowest BCUT2D eigenvalue weighted by Gasteiger charge is -2.41. The van der Waals surface area contributed by atoms with Crippen LogP contribution in [0.5, 0.6) is 0 Å². The van der Waals surface area contributed by atoms with Crippen LogP contribution >= 0.6 is 0 Å². The SMILES string of the molecule is O=C(NC1(C(=O)NC2(C(=O)O)CC2)CCN(Cc2ccccc2)CC1)OCC1c2ccccc2-c2ccccc21. The number of carbonyl (C=O) groups excluding carboxylic acids is 2. The van der Waals surface area contributed by atoms with Gasteiger partial charge in [0, 0.05) is 25.6 Å². The van der Waals surface area contributed by atoms with Crippen LogP contribution in [0.2, 0.25) is 0 Å². The van der Waals surface area contributed by atoms with E-state index in [-0.39, 0.29) is 12.5 Å². The van der Waals surface area contributed by atoms with Gasteiger partial charge in [0.2, 0.25) is 5.91 Å². The standard InChI is InChI=1S/C32H33N3O5/c36-28(33-32(14-15-32)29(37)38)31(16-18-35(19-17-31)20-22-8-2-1-3-9-22)34-30(39)40-21-27-25-12-6-4-10-23(25)24-11-5-7-13-26(24)27/h1-13,27H,14-21H2,(H,33,36)(H,34,39)(H,37,38). The van der Waals surface area contributed by atoms with Crippen molar-refractivity contribution in [3.05, 3.63) is 95.6 Å². The van der Waals surface area contributed by atoms with E-state index >= 15 is 0 Å². The predicted molar refractivity (Wildman–Crippen MR) is 150 cm³/mol. The van der Waals surface area contributed by atoms with Crippen LogP contribution in [0.15, 0.2) is 78.9 Å². The topological polar surface area (TPSA) is 108 Å². The van der Waals surface area contributed by atoms with Crippen LogP contribution in [0, 0.1) is 0 Å². The van der Waals surface area contributed by atoms with Crippen molar-refractivity contribution in [3.8, 4) is 11.1 Å². The molecule has 0 aromatic heterocycles. The molecule has 1 saturated heterocycles. The number of nitrogens with zero attached hydrogens (tertiary/aromatic N) is 1. The van der Waals surface area contributed by atoms with E-state index in [2.05, 4.69) is 51.9 Å². The molecular formula is C32H33N3O5. The molecule has 0 radical (unpaired) electrons. The molecule has 3 aromatic rings. The summed E-state index contributed by atoms with van der Waals surface area (Å²) in [5, 5.41) is 15.3. The molecular weight excluding hydrogens is 506 g/mol. The van der Waals surface area contributed by atoms with Gasteiger partial charge in [-0.25, -0.2) is 9.59 Å². The Balaban J connectivity index is 1.16.